The average Bonchev–Trinajstić information content (AvgIpc) is 3.27. The first kappa shape index (κ1) is 34.1. The van der Waals surface area contributed by atoms with Gasteiger partial charge in [-0.1, -0.05) is 97.1 Å². The Morgan fingerprint density at radius 2 is 0.607 bits per heavy atom. The summed E-state index contributed by atoms with van der Waals surface area (Å²) >= 11 is 0. The minimum Gasteiger partial charge on any atom is -0.310 e. The monoisotopic (exact) mass is 720 g/mol. The minimum absolute atomic E-state index is 1.01. The second-order valence-electron chi connectivity index (χ2n) is 13.3. The molecule has 9 rings (SSSR count). The van der Waals surface area contributed by atoms with Crippen LogP contribution in [0.2, 0.25) is 0 Å². The van der Waals surface area contributed by atoms with Crippen molar-refractivity contribution in [3.05, 3.63) is 217 Å². The largest absolute Gasteiger partial charge is 0.310 e. The molecule has 0 aliphatic rings. The van der Waals surface area contributed by atoms with E-state index < -0.39 is 0 Å². The van der Waals surface area contributed by atoms with Crippen LogP contribution in [-0.4, -0.2) is 19.9 Å². The van der Waals surface area contributed by atoms with Crippen LogP contribution in [-0.2, 0) is 0 Å². The zero-order valence-electron chi connectivity index (χ0n) is 30.5. The molecule has 0 atom stereocenters. The number of hydrogen-bond acceptors (Lipinski definition) is 6. The fourth-order valence-corrected chi connectivity index (χ4v) is 7.26. The van der Waals surface area contributed by atoms with Crippen LogP contribution >= 0.6 is 0 Å². The molecule has 56 heavy (non-hydrogen) atoms. The van der Waals surface area contributed by atoms with E-state index in [-0.39, 0.29) is 0 Å². The van der Waals surface area contributed by atoms with Crippen molar-refractivity contribution in [3.63, 3.8) is 0 Å². The molecule has 0 saturated carbocycles. The lowest BCUT2D eigenvalue weighted by molar-refractivity contribution is 1.22. The topological polar surface area (TPSA) is 58.0 Å². The summed E-state index contributed by atoms with van der Waals surface area (Å²) < 4.78 is 0. The van der Waals surface area contributed by atoms with E-state index in [1.807, 2.05) is 110 Å². The van der Waals surface area contributed by atoms with Gasteiger partial charge in [-0.25, -0.2) is 0 Å². The van der Waals surface area contributed by atoms with Gasteiger partial charge in [-0.3, -0.25) is 19.9 Å². The van der Waals surface area contributed by atoms with Crippen LogP contribution in [0.3, 0.4) is 0 Å². The first-order chi connectivity index (χ1) is 27.8. The normalized spacial score (nSPS) is 11.4. The van der Waals surface area contributed by atoms with E-state index in [0.717, 1.165) is 77.9 Å². The molecular formula is C50H36N6. The molecule has 266 valence electrons. The second-order valence-corrected chi connectivity index (χ2v) is 13.3. The highest BCUT2D eigenvalue weighted by molar-refractivity contribution is 6.16. The maximum atomic E-state index is 4.32. The third-order valence-electron chi connectivity index (χ3n) is 9.85. The average molecular weight is 721 g/mol. The molecule has 0 aliphatic carbocycles. The van der Waals surface area contributed by atoms with Gasteiger partial charge < -0.3 is 9.80 Å². The Morgan fingerprint density at radius 3 is 0.929 bits per heavy atom. The van der Waals surface area contributed by atoms with Gasteiger partial charge in [0.05, 0.1) is 0 Å². The summed E-state index contributed by atoms with van der Waals surface area (Å²) in [4.78, 5) is 21.8. The van der Waals surface area contributed by atoms with Gasteiger partial charge in [0.25, 0.3) is 0 Å². The molecule has 0 unspecified atom stereocenters. The van der Waals surface area contributed by atoms with E-state index >= 15 is 0 Å². The van der Waals surface area contributed by atoms with E-state index in [1.165, 1.54) is 0 Å². The van der Waals surface area contributed by atoms with Gasteiger partial charge >= 0.3 is 0 Å². The van der Waals surface area contributed by atoms with Gasteiger partial charge in [0, 0.05) is 83.7 Å². The SMILES string of the molecule is C(=C\c1c2ccc(N(c3ccncc3)c3ccncc3)cc2c(/C=C/c2ccccc2)c2ccc(N(c3ccncc3)c3ccncc3)cc12)/c1ccccc1. The number of hydrogen-bond donors (Lipinski definition) is 0. The highest BCUT2D eigenvalue weighted by atomic mass is 15.1. The Hall–Kier alpha value is -7.70. The fourth-order valence-electron chi connectivity index (χ4n) is 7.26. The van der Waals surface area contributed by atoms with Crippen LogP contribution < -0.4 is 9.80 Å². The predicted octanol–water partition coefficient (Wildman–Crippen LogP) is 12.9. The van der Waals surface area contributed by atoms with Gasteiger partial charge in [-0.05, 0) is 117 Å². The number of benzene rings is 5. The van der Waals surface area contributed by atoms with Crippen LogP contribution in [0.5, 0.6) is 0 Å². The van der Waals surface area contributed by atoms with Gasteiger partial charge in [0.15, 0.2) is 0 Å². The molecule has 0 aliphatic heterocycles. The van der Waals surface area contributed by atoms with Gasteiger partial charge in [0.1, 0.15) is 0 Å². The zero-order valence-corrected chi connectivity index (χ0v) is 30.5. The number of pyridine rings is 4. The van der Waals surface area contributed by atoms with Crippen LogP contribution in [0.1, 0.15) is 22.3 Å². The van der Waals surface area contributed by atoms with Crippen molar-refractivity contribution in [2.24, 2.45) is 0 Å². The molecule has 4 heterocycles. The Kier molecular flexibility index (Phi) is 9.57. The molecule has 0 N–H and O–H groups in total. The number of nitrogens with zero attached hydrogens (tertiary/aromatic N) is 6. The Bertz CT molecular complexity index is 2500. The van der Waals surface area contributed by atoms with Crippen molar-refractivity contribution in [2.45, 2.75) is 0 Å². The van der Waals surface area contributed by atoms with Crippen molar-refractivity contribution in [1.82, 2.24) is 19.9 Å². The summed E-state index contributed by atoms with van der Waals surface area (Å²) in [5.41, 5.74) is 10.6. The summed E-state index contributed by atoms with van der Waals surface area (Å²) in [6, 6.07) is 50.8. The number of anilines is 6. The molecule has 9 aromatic rings. The fraction of sp³-hybridized carbons (Fsp3) is 0. The van der Waals surface area contributed by atoms with Crippen molar-refractivity contribution >= 4 is 80.0 Å². The molecule has 0 radical (unpaired) electrons. The molecule has 0 bridgehead atoms. The molecule has 0 spiro atoms. The van der Waals surface area contributed by atoms with Crippen molar-refractivity contribution < 1.29 is 0 Å². The van der Waals surface area contributed by atoms with Crippen LogP contribution in [0.25, 0.3) is 45.8 Å². The predicted molar refractivity (Wildman–Crippen MR) is 233 cm³/mol. The number of aromatic nitrogens is 4. The Labute approximate surface area is 326 Å². The van der Waals surface area contributed by atoms with Crippen LogP contribution in [0.4, 0.5) is 34.1 Å². The Morgan fingerprint density at radius 1 is 0.286 bits per heavy atom. The first-order valence-electron chi connectivity index (χ1n) is 18.5. The molecule has 4 aromatic heterocycles. The second kappa shape index (κ2) is 15.7. The van der Waals surface area contributed by atoms with E-state index in [0.29, 0.717) is 0 Å². The third-order valence-corrected chi connectivity index (χ3v) is 9.85. The smallest absolute Gasteiger partial charge is 0.0492 e. The maximum Gasteiger partial charge on any atom is 0.0492 e. The lowest BCUT2D eigenvalue weighted by Crippen LogP contribution is -2.10. The van der Waals surface area contributed by atoms with Crippen molar-refractivity contribution in [1.29, 1.82) is 0 Å². The van der Waals surface area contributed by atoms with Gasteiger partial charge in [-0.15, -0.1) is 0 Å². The maximum absolute atomic E-state index is 4.32. The van der Waals surface area contributed by atoms with Gasteiger partial charge in [-0.2, -0.15) is 0 Å². The van der Waals surface area contributed by atoms with E-state index in [1.54, 1.807) is 0 Å². The number of fused-ring (bicyclic) bond motifs is 2. The van der Waals surface area contributed by atoms with E-state index in [9.17, 15) is 0 Å². The summed E-state index contributed by atoms with van der Waals surface area (Å²) in [5.74, 6) is 0. The van der Waals surface area contributed by atoms with E-state index in [4.69, 9.17) is 0 Å². The standard InChI is InChI=1S/C50H36N6/c1-3-7-37(8-4-1)11-15-45-47-17-13-44(56(41-23-31-53-32-24-41)42-25-33-54-34-26-42)36-50(47)46(16-12-38-9-5-2-6-10-38)48-18-14-43(35-49(45)48)55(39-19-27-51-28-20-39)40-21-29-52-30-22-40/h1-36H/b15-11+,16-12+. The first-order valence-corrected chi connectivity index (χ1v) is 18.5. The molecule has 5 aromatic carbocycles. The highest BCUT2D eigenvalue weighted by Crippen LogP contribution is 2.43. The summed E-state index contributed by atoms with van der Waals surface area (Å²) in [6.07, 6.45) is 23.6. The molecule has 0 fully saturated rings. The highest BCUT2D eigenvalue weighted by Gasteiger charge is 2.19. The van der Waals surface area contributed by atoms with Crippen LogP contribution in [0, 0.1) is 0 Å². The minimum atomic E-state index is 1.01. The van der Waals surface area contributed by atoms with Crippen molar-refractivity contribution in [3.8, 4) is 0 Å². The molecule has 0 saturated heterocycles. The summed E-state index contributed by atoms with van der Waals surface area (Å²) in [5, 5.41) is 4.55. The Balaban J connectivity index is 1.34. The summed E-state index contributed by atoms with van der Waals surface area (Å²) in [7, 11) is 0. The lowest BCUT2D eigenvalue weighted by Gasteiger charge is -2.27. The third kappa shape index (κ3) is 7.02. The molecule has 6 nitrogen and oxygen atoms in total. The lowest BCUT2D eigenvalue weighted by atomic mass is 9.89. The van der Waals surface area contributed by atoms with E-state index in [2.05, 4.69) is 139 Å². The quantitative estimate of drug-likeness (QED) is 0.104. The van der Waals surface area contributed by atoms with Crippen molar-refractivity contribution in [2.75, 3.05) is 9.80 Å². The van der Waals surface area contributed by atoms with Crippen LogP contribution in [0.15, 0.2) is 195 Å². The molecule has 6 heteroatoms. The molecular weight excluding hydrogens is 685 g/mol. The zero-order chi connectivity index (χ0) is 37.5. The summed E-state index contributed by atoms with van der Waals surface area (Å²) in [6.45, 7) is 0. The van der Waals surface area contributed by atoms with Gasteiger partial charge in [0.2, 0.25) is 0 Å². The molecule has 0 amide bonds. The number of rotatable bonds is 10.